The summed E-state index contributed by atoms with van der Waals surface area (Å²) in [5.41, 5.74) is 3.00. The number of hydrogen-bond donors (Lipinski definition) is 0. The Morgan fingerprint density at radius 2 is 1.50 bits per heavy atom. The Bertz CT molecular complexity index is 1210. The minimum atomic E-state index is -0.389. The zero-order valence-corrected chi connectivity index (χ0v) is 17.5. The Kier molecular flexibility index (Phi) is 5.45. The number of anilines is 1. The van der Waals surface area contributed by atoms with E-state index in [1.165, 1.54) is 11.8 Å². The number of nitriles is 1. The molecule has 0 N–H and O–H groups in total. The predicted octanol–water partition coefficient (Wildman–Crippen LogP) is 5.60. The van der Waals surface area contributed by atoms with E-state index in [4.69, 9.17) is 16.9 Å². The van der Waals surface area contributed by atoms with E-state index in [1.54, 1.807) is 36.4 Å². The maximum atomic E-state index is 13.4. The van der Waals surface area contributed by atoms with Crippen molar-refractivity contribution in [3.05, 3.63) is 99.4 Å². The van der Waals surface area contributed by atoms with Crippen LogP contribution in [0.3, 0.4) is 0 Å². The van der Waals surface area contributed by atoms with Crippen molar-refractivity contribution in [2.45, 2.75) is 11.8 Å². The Morgan fingerprint density at radius 3 is 2.10 bits per heavy atom. The number of halogens is 1. The van der Waals surface area contributed by atoms with Crippen LogP contribution in [0.5, 0.6) is 0 Å². The van der Waals surface area contributed by atoms with Gasteiger partial charge < -0.3 is 0 Å². The first kappa shape index (κ1) is 20.0. The van der Waals surface area contributed by atoms with Crippen LogP contribution in [0.4, 0.5) is 5.69 Å². The summed E-state index contributed by atoms with van der Waals surface area (Å²) in [6.45, 7) is 1.96. The second kappa shape index (κ2) is 8.19. The van der Waals surface area contributed by atoms with E-state index in [0.717, 1.165) is 15.4 Å². The summed E-state index contributed by atoms with van der Waals surface area (Å²) in [7, 11) is 0. The van der Waals surface area contributed by atoms with Crippen molar-refractivity contribution in [3.8, 4) is 6.07 Å². The van der Waals surface area contributed by atoms with Gasteiger partial charge in [-0.15, -0.1) is 0 Å². The monoisotopic (exact) mass is 430 g/mol. The lowest BCUT2D eigenvalue weighted by atomic mass is 10.0. The van der Waals surface area contributed by atoms with Crippen molar-refractivity contribution < 1.29 is 9.59 Å². The van der Waals surface area contributed by atoms with E-state index in [9.17, 15) is 9.59 Å². The minimum Gasteiger partial charge on any atom is -0.268 e. The van der Waals surface area contributed by atoms with Crippen LogP contribution in [0.2, 0.25) is 5.02 Å². The standard InChI is InChI=1S/C24H15ClN2O2S/c1-15-2-6-17(7-3-15)21-22(30-20-12-8-18(25)9-13-20)24(29)27(23(21)28)19-10-4-16(14-26)5-11-19/h2-13H,1H3. The molecule has 1 heterocycles. The molecule has 1 aliphatic rings. The number of thioether (sulfide) groups is 1. The van der Waals surface area contributed by atoms with Gasteiger partial charge in [-0.05, 0) is 61.0 Å². The highest BCUT2D eigenvalue weighted by molar-refractivity contribution is 8.04. The fourth-order valence-corrected chi connectivity index (χ4v) is 4.24. The molecular formula is C24H15ClN2O2S. The van der Waals surface area contributed by atoms with Crippen molar-refractivity contribution in [3.63, 3.8) is 0 Å². The Hall–Kier alpha value is -3.33. The largest absolute Gasteiger partial charge is 0.272 e. The molecule has 30 heavy (non-hydrogen) atoms. The highest BCUT2D eigenvalue weighted by Crippen LogP contribution is 2.41. The molecule has 4 nitrogen and oxygen atoms in total. The first-order valence-corrected chi connectivity index (χ1v) is 10.3. The molecule has 0 atom stereocenters. The van der Waals surface area contributed by atoms with Gasteiger partial charge in [-0.25, -0.2) is 4.90 Å². The summed E-state index contributed by atoms with van der Waals surface area (Å²) >= 11 is 7.22. The lowest BCUT2D eigenvalue weighted by Crippen LogP contribution is -2.31. The van der Waals surface area contributed by atoms with Gasteiger partial charge in [0.25, 0.3) is 11.8 Å². The third kappa shape index (κ3) is 3.76. The van der Waals surface area contributed by atoms with Gasteiger partial charge in [0.1, 0.15) is 0 Å². The molecule has 146 valence electrons. The van der Waals surface area contributed by atoms with Crippen LogP contribution in [0.25, 0.3) is 5.57 Å². The maximum Gasteiger partial charge on any atom is 0.272 e. The molecule has 6 heteroatoms. The summed E-state index contributed by atoms with van der Waals surface area (Å²) in [5, 5.41) is 9.62. The Balaban J connectivity index is 1.80. The van der Waals surface area contributed by atoms with Crippen molar-refractivity contribution in [1.29, 1.82) is 5.26 Å². The smallest absolute Gasteiger partial charge is 0.268 e. The molecule has 0 aromatic heterocycles. The van der Waals surface area contributed by atoms with Crippen LogP contribution in [0.1, 0.15) is 16.7 Å². The highest BCUT2D eigenvalue weighted by Gasteiger charge is 2.40. The second-order valence-electron chi connectivity index (χ2n) is 6.73. The average Bonchev–Trinajstić information content (AvgIpc) is 3.00. The normalized spacial score (nSPS) is 13.7. The van der Waals surface area contributed by atoms with E-state index < -0.39 is 0 Å². The lowest BCUT2D eigenvalue weighted by Gasteiger charge is -2.15. The molecule has 0 unspecified atom stereocenters. The van der Waals surface area contributed by atoms with Gasteiger partial charge in [-0.1, -0.05) is 53.2 Å². The summed E-state index contributed by atoms with van der Waals surface area (Å²) < 4.78 is 0. The number of hydrogen-bond acceptors (Lipinski definition) is 4. The number of imide groups is 1. The van der Waals surface area contributed by atoms with Crippen molar-refractivity contribution in [2.24, 2.45) is 0 Å². The van der Waals surface area contributed by atoms with Gasteiger partial charge in [0, 0.05) is 9.92 Å². The van der Waals surface area contributed by atoms with E-state index in [2.05, 4.69) is 0 Å². The fraction of sp³-hybridized carbons (Fsp3) is 0.0417. The Morgan fingerprint density at radius 1 is 0.867 bits per heavy atom. The average molecular weight is 431 g/mol. The van der Waals surface area contributed by atoms with Crippen LogP contribution in [0.15, 0.2) is 82.6 Å². The summed E-state index contributed by atoms with van der Waals surface area (Å²) in [6.07, 6.45) is 0. The number of benzene rings is 3. The number of carbonyl (C=O) groups excluding carboxylic acids is 2. The van der Waals surface area contributed by atoms with Gasteiger partial charge in [0.15, 0.2) is 0 Å². The fourth-order valence-electron chi connectivity index (χ4n) is 3.12. The SMILES string of the molecule is Cc1ccc(C2=C(Sc3ccc(Cl)cc3)C(=O)N(c3ccc(C#N)cc3)C2=O)cc1. The molecular weight excluding hydrogens is 416 g/mol. The van der Waals surface area contributed by atoms with Crippen LogP contribution in [-0.4, -0.2) is 11.8 Å². The van der Waals surface area contributed by atoms with Gasteiger partial charge in [0.05, 0.1) is 27.8 Å². The molecule has 0 aliphatic carbocycles. The summed E-state index contributed by atoms with van der Waals surface area (Å²) in [4.78, 5) is 29.0. The van der Waals surface area contributed by atoms with Crippen LogP contribution < -0.4 is 4.90 Å². The molecule has 1 aliphatic heterocycles. The van der Waals surface area contributed by atoms with Crippen LogP contribution >= 0.6 is 23.4 Å². The second-order valence-corrected chi connectivity index (χ2v) is 8.25. The van der Waals surface area contributed by atoms with Gasteiger partial charge in [-0.3, -0.25) is 9.59 Å². The number of carbonyl (C=O) groups is 2. The minimum absolute atomic E-state index is 0.357. The molecule has 0 saturated carbocycles. The zero-order valence-electron chi connectivity index (χ0n) is 15.9. The summed E-state index contributed by atoms with van der Waals surface area (Å²) in [5.74, 6) is -0.773. The van der Waals surface area contributed by atoms with Gasteiger partial charge >= 0.3 is 0 Å². The van der Waals surface area contributed by atoms with E-state index >= 15 is 0 Å². The van der Waals surface area contributed by atoms with Crippen molar-refractivity contribution >= 4 is 46.4 Å². The number of nitrogens with zero attached hydrogens (tertiary/aromatic N) is 2. The van der Waals surface area contributed by atoms with E-state index in [1.807, 2.05) is 49.4 Å². The predicted molar refractivity (Wildman–Crippen MR) is 119 cm³/mol. The maximum absolute atomic E-state index is 13.4. The molecule has 0 saturated heterocycles. The third-order valence-electron chi connectivity index (χ3n) is 4.67. The van der Waals surface area contributed by atoms with Crippen molar-refractivity contribution in [2.75, 3.05) is 4.90 Å². The molecule has 4 rings (SSSR count). The Labute approximate surface area is 183 Å². The highest BCUT2D eigenvalue weighted by atomic mass is 35.5. The molecule has 0 fully saturated rings. The molecule has 3 aromatic carbocycles. The number of aryl methyl sites for hydroxylation is 1. The number of amides is 2. The van der Waals surface area contributed by atoms with Crippen molar-refractivity contribution in [1.82, 2.24) is 0 Å². The quantitative estimate of drug-likeness (QED) is 0.505. The molecule has 0 radical (unpaired) electrons. The van der Waals surface area contributed by atoms with Gasteiger partial charge in [-0.2, -0.15) is 5.26 Å². The van der Waals surface area contributed by atoms with Crippen LogP contribution in [0, 0.1) is 18.3 Å². The first-order chi connectivity index (χ1) is 14.5. The molecule has 3 aromatic rings. The number of rotatable bonds is 4. The zero-order chi connectivity index (χ0) is 21.3. The topological polar surface area (TPSA) is 61.2 Å². The molecule has 0 bridgehead atoms. The summed E-state index contributed by atoms with van der Waals surface area (Å²) in [6, 6.07) is 23.1. The third-order valence-corrected chi connectivity index (χ3v) is 6.01. The van der Waals surface area contributed by atoms with Gasteiger partial charge in [0.2, 0.25) is 0 Å². The lowest BCUT2D eigenvalue weighted by molar-refractivity contribution is -0.119. The van der Waals surface area contributed by atoms with E-state index in [-0.39, 0.29) is 11.8 Å². The molecule has 0 spiro atoms. The molecule has 2 amide bonds. The van der Waals surface area contributed by atoms with E-state index in [0.29, 0.717) is 32.3 Å². The van der Waals surface area contributed by atoms with Crippen LogP contribution in [-0.2, 0) is 9.59 Å². The first-order valence-electron chi connectivity index (χ1n) is 9.11.